The zero-order valence-electron chi connectivity index (χ0n) is 13.1. The Morgan fingerprint density at radius 3 is 2.65 bits per heavy atom. The van der Waals surface area contributed by atoms with E-state index in [1.165, 1.54) is 10.8 Å². The van der Waals surface area contributed by atoms with E-state index in [0.717, 1.165) is 24.2 Å². The van der Waals surface area contributed by atoms with Gasteiger partial charge in [-0.3, -0.25) is 4.79 Å². The zero-order chi connectivity index (χ0) is 16.4. The molecule has 1 aromatic carbocycles. The number of rotatable bonds is 3. The molecule has 2 aromatic rings. The summed E-state index contributed by atoms with van der Waals surface area (Å²) in [5.41, 5.74) is 1.00. The predicted octanol–water partition coefficient (Wildman–Crippen LogP) is 3.11. The number of ether oxygens (including phenoxy) is 1. The van der Waals surface area contributed by atoms with Gasteiger partial charge >= 0.3 is 0 Å². The number of halogens is 1. The first-order chi connectivity index (χ1) is 11.0. The largest absolute Gasteiger partial charge is 0.497 e. The van der Waals surface area contributed by atoms with Crippen LogP contribution in [-0.2, 0) is 6.54 Å². The van der Waals surface area contributed by atoms with Crippen LogP contribution < -0.4 is 10.3 Å². The first-order valence-corrected chi connectivity index (χ1v) is 7.80. The van der Waals surface area contributed by atoms with Crippen LogP contribution in [-0.4, -0.2) is 16.7 Å². The maximum absolute atomic E-state index is 12.5. The Balaban J connectivity index is 1.90. The topological polar surface area (TPSA) is 44.1 Å². The van der Waals surface area contributed by atoms with Crippen molar-refractivity contribution < 1.29 is 4.74 Å². The van der Waals surface area contributed by atoms with Crippen molar-refractivity contribution in [3.63, 3.8) is 0 Å². The van der Waals surface area contributed by atoms with Crippen LogP contribution in [0.15, 0.2) is 35.3 Å². The van der Waals surface area contributed by atoms with Crippen LogP contribution in [0.5, 0.6) is 5.75 Å². The Labute approximate surface area is 140 Å². The highest BCUT2D eigenvalue weighted by Gasteiger charge is 2.35. The van der Waals surface area contributed by atoms with E-state index in [-0.39, 0.29) is 21.8 Å². The summed E-state index contributed by atoms with van der Waals surface area (Å²) in [7, 11) is 1.62. The molecule has 1 fully saturated rings. The molecule has 0 atom stereocenters. The first kappa shape index (κ1) is 15.6. The van der Waals surface area contributed by atoms with E-state index in [1.807, 2.05) is 24.3 Å². The Hall–Kier alpha value is -2.25. The molecular formula is C18H17ClN2O2. The third-order valence-electron chi connectivity index (χ3n) is 3.94. The molecule has 0 N–H and O–H groups in total. The standard InChI is InChI=1S/C18H17ClN2O2/c1-18(9-10-18)8-7-15-17(22)21(12-16(19)20-15)11-13-3-5-14(23-2)6-4-13/h3-6,12H,9-11H2,1-2H3. The van der Waals surface area contributed by atoms with E-state index < -0.39 is 0 Å². The van der Waals surface area contributed by atoms with Crippen LogP contribution in [0.25, 0.3) is 0 Å². The summed E-state index contributed by atoms with van der Waals surface area (Å²) < 4.78 is 6.67. The Morgan fingerprint density at radius 2 is 2.04 bits per heavy atom. The third-order valence-corrected chi connectivity index (χ3v) is 4.12. The lowest BCUT2D eigenvalue weighted by atomic mass is 10.1. The molecule has 1 heterocycles. The maximum Gasteiger partial charge on any atom is 0.285 e. The molecule has 23 heavy (non-hydrogen) atoms. The molecule has 0 aliphatic heterocycles. The highest BCUT2D eigenvalue weighted by Crippen LogP contribution is 2.44. The van der Waals surface area contributed by atoms with Gasteiger partial charge in [0, 0.05) is 11.6 Å². The van der Waals surface area contributed by atoms with Crippen molar-refractivity contribution in [1.29, 1.82) is 0 Å². The highest BCUT2D eigenvalue weighted by molar-refractivity contribution is 6.29. The van der Waals surface area contributed by atoms with Crippen LogP contribution >= 0.6 is 11.6 Å². The molecule has 1 aliphatic rings. The number of benzene rings is 1. The van der Waals surface area contributed by atoms with Crippen molar-refractivity contribution >= 4 is 11.6 Å². The van der Waals surface area contributed by atoms with Gasteiger partial charge in [0.1, 0.15) is 10.9 Å². The molecule has 0 radical (unpaired) electrons. The second kappa shape index (κ2) is 6.10. The summed E-state index contributed by atoms with van der Waals surface area (Å²) in [6.07, 6.45) is 3.68. The van der Waals surface area contributed by atoms with Gasteiger partial charge in [0.05, 0.1) is 13.7 Å². The summed E-state index contributed by atoms with van der Waals surface area (Å²) >= 11 is 6.04. The lowest BCUT2D eigenvalue weighted by Crippen LogP contribution is -2.24. The lowest BCUT2D eigenvalue weighted by Gasteiger charge is -2.08. The number of hydrogen-bond acceptors (Lipinski definition) is 3. The molecule has 1 aliphatic carbocycles. The van der Waals surface area contributed by atoms with Gasteiger partial charge < -0.3 is 9.30 Å². The van der Waals surface area contributed by atoms with Gasteiger partial charge in [0.15, 0.2) is 5.69 Å². The van der Waals surface area contributed by atoms with E-state index in [9.17, 15) is 4.79 Å². The zero-order valence-corrected chi connectivity index (χ0v) is 13.9. The van der Waals surface area contributed by atoms with Crippen LogP contribution in [0.3, 0.4) is 0 Å². The minimum absolute atomic E-state index is 0.0389. The molecule has 0 unspecified atom stereocenters. The van der Waals surface area contributed by atoms with Gasteiger partial charge in [-0.25, -0.2) is 4.98 Å². The summed E-state index contributed by atoms with van der Waals surface area (Å²) in [4.78, 5) is 16.6. The molecule has 1 saturated carbocycles. The number of nitrogens with zero attached hydrogens (tertiary/aromatic N) is 2. The van der Waals surface area contributed by atoms with Crippen LogP contribution in [0.4, 0.5) is 0 Å². The monoisotopic (exact) mass is 328 g/mol. The molecule has 0 saturated heterocycles. The molecule has 4 nitrogen and oxygen atoms in total. The van der Waals surface area contributed by atoms with Crippen molar-refractivity contribution in [2.24, 2.45) is 5.41 Å². The van der Waals surface area contributed by atoms with Gasteiger partial charge in [0.25, 0.3) is 5.56 Å². The average Bonchev–Trinajstić information content (AvgIpc) is 3.28. The molecule has 3 rings (SSSR count). The normalized spacial score (nSPS) is 14.7. The molecule has 0 bridgehead atoms. The summed E-state index contributed by atoms with van der Waals surface area (Å²) in [5.74, 6) is 6.80. The molecule has 0 spiro atoms. The van der Waals surface area contributed by atoms with Gasteiger partial charge in [-0.15, -0.1) is 0 Å². The minimum Gasteiger partial charge on any atom is -0.497 e. The van der Waals surface area contributed by atoms with Crippen LogP contribution in [0.2, 0.25) is 5.15 Å². The van der Waals surface area contributed by atoms with E-state index in [4.69, 9.17) is 16.3 Å². The molecular weight excluding hydrogens is 312 g/mol. The Kier molecular flexibility index (Phi) is 4.14. The molecule has 118 valence electrons. The first-order valence-electron chi connectivity index (χ1n) is 7.42. The second-order valence-corrected chi connectivity index (χ2v) is 6.39. The summed E-state index contributed by atoms with van der Waals surface area (Å²) in [6.45, 7) is 2.50. The highest BCUT2D eigenvalue weighted by atomic mass is 35.5. The van der Waals surface area contributed by atoms with Crippen molar-refractivity contribution in [3.8, 4) is 17.6 Å². The summed E-state index contributed by atoms with van der Waals surface area (Å²) in [5, 5.41) is 0.267. The maximum atomic E-state index is 12.5. The second-order valence-electron chi connectivity index (χ2n) is 6.00. The van der Waals surface area contributed by atoms with Gasteiger partial charge in [-0.1, -0.05) is 29.7 Å². The molecule has 5 heteroatoms. The van der Waals surface area contributed by atoms with Crippen LogP contribution in [0.1, 0.15) is 31.0 Å². The van der Waals surface area contributed by atoms with E-state index >= 15 is 0 Å². The quantitative estimate of drug-likeness (QED) is 0.813. The van der Waals surface area contributed by atoms with Gasteiger partial charge in [-0.05, 0) is 43.4 Å². The fourth-order valence-electron chi connectivity index (χ4n) is 2.16. The number of hydrogen-bond donors (Lipinski definition) is 0. The minimum atomic E-state index is -0.220. The fraction of sp³-hybridized carbons (Fsp3) is 0.333. The van der Waals surface area contributed by atoms with E-state index in [0.29, 0.717) is 6.54 Å². The van der Waals surface area contributed by atoms with Gasteiger partial charge in [0.2, 0.25) is 0 Å². The van der Waals surface area contributed by atoms with Crippen molar-refractivity contribution in [1.82, 2.24) is 9.55 Å². The number of aromatic nitrogens is 2. The van der Waals surface area contributed by atoms with Crippen molar-refractivity contribution in [2.45, 2.75) is 26.3 Å². The lowest BCUT2D eigenvalue weighted by molar-refractivity contribution is 0.414. The van der Waals surface area contributed by atoms with Gasteiger partial charge in [-0.2, -0.15) is 0 Å². The Morgan fingerprint density at radius 1 is 1.35 bits per heavy atom. The van der Waals surface area contributed by atoms with E-state index in [2.05, 4.69) is 23.7 Å². The Bertz CT molecular complexity index is 840. The van der Waals surface area contributed by atoms with Crippen molar-refractivity contribution in [3.05, 3.63) is 57.2 Å². The third kappa shape index (κ3) is 3.75. The van der Waals surface area contributed by atoms with Crippen LogP contribution in [0, 0.1) is 17.3 Å². The smallest absolute Gasteiger partial charge is 0.285 e. The fourth-order valence-corrected chi connectivity index (χ4v) is 2.36. The SMILES string of the molecule is COc1ccc(Cn2cc(Cl)nc(C#CC3(C)CC3)c2=O)cc1. The molecule has 1 aromatic heterocycles. The predicted molar refractivity (Wildman–Crippen MR) is 89.8 cm³/mol. The van der Waals surface area contributed by atoms with Crippen molar-refractivity contribution in [2.75, 3.05) is 7.11 Å². The molecule has 0 amide bonds. The average molecular weight is 329 g/mol. The number of methoxy groups -OCH3 is 1. The summed E-state index contributed by atoms with van der Waals surface area (Å²) in [6, 6.07) is 7.54. The van der Waals surface area contributed by atoms with E-state index in [1.54, 1.807) is 7.11 Å².